The lowest BCUT2D eigenvalue weighted by Gasteiger charge is -2.33. The van der Waals surface area contributed by atoms with E-state index < -0.39 is 5.41 Å². The minimum absolute atomic E-state index is 0.140. The third-order valence-electron chi connectivity index (χ3n) is 5.12. The van der Waals surface area contributed by atoms with Crippen LogP contribution in [0.4, 0.5) is 0 Å². The third kappa shape index (κ3) is 1.69. The number of allylic oxidation sites excluding steroid dienone is 2. The Morgan fingerprint density at radius 1 is 1.14 bits per heavy atom. The zero-order chi connectivity index (χ0) is 15.2. The quantitative estimate of drug-likeness (QED) is 0.741. The monoisotopic (exact) mass is 286 g/mol. The molecule has 2 aliphatic carbocycles. The van der Waals surface area contributed by atoms with Gasteiger partial charge >= 0.3 is 0 Å². The fourth-order valence-electron chi connectivity index (χ4n) is 4.12. The summed E-state index contributed by atoms with van der Waals surface area (Å²) in [5.74, 6) is 0.413. The average Bonchev–Trinajstić information content (AvgIpc) is 3.09. The van der Waals surface area contributed by atoms with Crippen LogP contribution in [0.1, 0.15) is 39.4 Å². The second-order valence-electron chi connectivity index (χ2n) is 6.28. The number of Topliss-reactive ketones (excluding diaryl/α,β-unsaturated/α-hetero) is 1. The number of hydrogen-bond acceptors (Lipinski definition) is 1. The Kier molecular flexibility index (Phi) is 2.90. The first kappa shape index (κ1) is 13.3. The molecule has 1 heteroatoms. The van der Waals surface area contributed by atoms with Crippen LogP contribution in [-0.4, -0.2) is 5.78 Å². The molecule has 0 aliphatic heterocycles. The molecule has 2 aromatic carbocycles. The summed E-state index contributed by atoms with van der Waals surface area (Å²) < 4.78 is 0. The summed E-state index contributed by atoms with van der Waals surface area (Å²) in [5, 5.41) is 0. The van der Waals surface area contributed by atoms with Crippen molar-refractivity contribution in [3.8, 4) is 0 Å². The van der Waals surface area contributed by atoms with Gasteiger partial charge in [0.1, 0.15) is 0 Å². The van der Waals surface area contributed by atoms with E-state index in [1.807, 2.05) is 24.3 Å². The summed E-state index contributed by atoms with van der Waals surface area (Å²) >= 11 is 0. The largest absolute Gasteiger partial charge is 0.293 e. The number of carbonyl (C=O) groups excluding carboxylic acids is 1. The molecule has 0 saturated carbocycles. The summed E-state index contributed by atoms with van der Waals surface area (Å²) in [6, 6.07) is 16.4. The van der Waals surface area contributed by atoms with Crippen LogP contribution < -0.4 is 0 Å². The summed E-state index contributed by atoms with van der Waals surface area (Å²) in [4.78, 5) is 13.2. The Bertz CT molecular complexity index is 799. The number of carbonyl (C=O) groups is 1. The van der Waals surface area contributed by atoms with Crippen LogP contribution in [0.3, 0.4) is 0 Å². The highest BCUT2D eigenvalue weighted by Crippen LogP contribution is 2.52. The van der Waals surface area contributed by atoms with Gasteiger partial charge in [0.25, 0.3) is 0 Å². The van der Waals surface area contributed by atoms with Crippen molar-refractivity contribution in [3.63, 3.8) is 0 Å². The number of hydrogen-bond donors (Lipinski definition) is 0. The fourth-order valence-corrected chi connectivity index (χ4v) is 4.12. The van der Waals surface area contributed by atoms with Crippen LogP contribution in [0.15, 0.2) is 67.3 Å². The molecule has 2 atom stereocenters. The molecule has 22 heavy (non-hydrogen) atoms. The molecule has 0 spiro atoms. The lowest BCUT2D eigenvalue weighted by atomic mass is 9.68. The molecule has 1 nitrogen and oxygen atoms in total. The van der Waals surface area contributed by atoms with Crippen molar-refractivity contribution in [2.75, 3.05) is 0 Å². The molecular formula is C21H18O. The molecule has 2 unspecified atom stereocenters. The molecule has 0 heterocycles. The predicted molar refractivity (Wildman–Crippen MR) is 89.9 cm³/mol. The zero-order valence-electron chi connectivity index (χ0n) is 12.5. The smallest absolute Gasteiger partial charge is 0.170 e. The Morgan fingerprint density at radius 3 is 2.73 bits per heavy atom. The summed E-state index contributed by atoms with van der Waals surface area (Å²) in [6.07, 6.45) is 7.78. The maximum Gasteiger partial charge on any atom is 0.170 e. The van der Waals surface area contributed by atoms with Gasteiger partial charge in [0.2, 0.25) is 0 Å². The summed E-state index contributed by atoms with van der Waals surface area (Å²) in [6.45, 7) is 3.92. The van der Waals surface area contributed by atoms with Crippen molar-refractivity contribution in [2.45, 2.75) is 18.8 Å². The minimum Gasteiger partial charge on any atom is -0.293 e. The van der Waals surface area contributed by atoms with E-state index >= 15 is 0 Å². The van der Waals surface area contributed by atoms with Crippen LogP contribution in [0.5, 0.6) is 0 Å². The predicted octanol–water partition coefficient (Wildman–Crippen LogP) is 4.80. The van der Waals surface area contributed by atoms with Gasteiger partial charge < -0.3 is 0 Å². The van der Waals surface area contributed by atoms with Gasteiger partial charge in [0.05, 0.1) is 5.41 Å². The fraction of sp³-hybridized carbons (Fsp3) is 0.190. The molecule has 0 aromatic heterocycles. The van der Waals surface area contributed by atoms with Gasteiger partial charge in [0, 0.05) is 11.5 Å². The van der Waals surface area contributed by atoms with Crippen LogP contribution >= 0.6 is 0 Å². The van der Waals surface area contributed by atoms with E-state index in [-0.39, 0.29) is 11.7 Å². The maximum atomic E-state index is 13.2. The topological polar surface area (TPSA) is 17.1 Å². The molecule has 0 amide bonds. The zero-order valence-corrected chi connectivity index (χ0v) is 12.5. The van der Waals surface area contributed by atoms with Gasteiger partial charge in [0.15, 0.2) is 5.78 Å². The van der Waals surface area contributed by atoms with Crippen molar-refractivity contribution >= 4 is 11.9 Å². The summed E-state index contributed by atoms with van der Waals surface area (Å²) in [5.41, 5.74) is 4.16. The highest BCUT2D eigenvalue weighted by atomic mass is 16.1. The molecule has 0 saturated heterocycles. The van der Waals surface area contributed by atoms with Gasteiger partial charge in [-0.25, -0.2) is 0 Å². The van der Waals surface area contributed by atoms with Gasteiger partial charge in [-0.1, -0.05) is 66.8 Å². The van der Waals surface area contributed by atoms with Crippen molar-refractivity contribution in [1.29, 1.82) is 0 Å². The van der Waals surface area contributed by atoms with E-state index in [0.29, 0.717) is 6.42 Å². The van der Waals surface area contributed by atoms with E-state index in [2.05, 4.69) is 49.1 Å². The van der Waals surface area contributed by atoms with Gasteiger partial charge in [-0.05, 0) is 29.5 Å². The Labute approximate surface area is 131 Å². The van der Waals surface area contributed by atoms with Crippen molar-refractivity contribution in [3.05, 3.63) is 89.5 Å². The number of ketones is 1. The molecule has 0 radical (unpaired) electrons. The first-order chi connectivity index (χ1) is 10.8. The SMILES string of the molecule is C=CCC1(C2C=Cc3ccccc32)Cc2ccccc2C1=O. The first-order valence-electron chi connectivity index (χ1n) is 7.77. The van der Waals surface area contributed by atoms with Crippen molar-refractivity contribution in [1.82, 2.24) is 0 Å². The second kappa shape index (κ2) is 4.81. The van der Waals surface area contributed by atoms with Crippen LogP contribution in [0.2, 0.25) is 0 Å². The van der Waals surface area contributed by atoms with E-state index in [1.54, 1.807) is 0 Å². The highest BCUT2D eigenvalue weighted by Gasteiger charge is 2.50. The van der Waals surface area contributed by atoms with E-state index in [9.17, 15) is 4.79 Å². The van der Waals surface area contributed by atoms with Crippen LogP contribution in [-0.2, 0) is 6.42 Å². The van der Waals surface area contributed by atoms with Crippen molar-refractivity contribution in [2.24, 2.45) is 5.41 Å². The molecule has 0 N–H and O–H groups in total. The third-order valence-corrected chi connectivity index (χ3v) is 5.12. The van der Waals surface area contributed by atoms with Crippen LogP contribution in [0, 0.1) is 5.41 Å². The number of benzene rings is 2. The van der Waals surface area contributed by atoms with Gasteiger partial charge in [-0.3, -0.25) is 4.79 Å². The molecule has 0 bridgehead atoms. The number of fused-ring (bicyclic) bond motifs is 2. The molecular weight excluding hydrogens is 268 g/mol. The van der Waals surface area contributed by atoms with E-state index in [4.69, 9.17) is 0 Å². The van der Waals surface area contributed by atoms with E-state index in [0.717, 1.165) is 12.0 Å². The highest BCUT2D eigenvalue weighted by molar-refractivity contribution is 6.06. The maximum absolute atomic E-state index is 13.2. The lowest BCUT2D eigenvalue weighted by Crippen LogP contribution is -2.33. The minimum atomic E-state index is -0.408. The molecule has 108 valence electrons. The van der Waals surface area contributed by atoms with Crippen molar-refractivity contribution < 1.29 is 4.79 Å². The molecule has 0 fully saturated rings. The second-order valence-corrected chi connectivity index (χ2v) is 6.28. The first-order valence-corrected chi connectivity index (χ1v) is 7.77. The van der Waals surface area contributed by atoms with Gasteiger partial charge in [-0.2, -0.15) is 0 Å². The van der Waals surface area contributed by atoms with Gasteiger partial charge in [-0.15, -0.1) is 6.58 Å². The Balaban J connectivity index is 1.86. The average molecular weight is 286 g/mol. The molecule has 2 aliphatic rings. The summed E-state index contributed by atoms with van der Waals surface area (Å²) in [7, 11) is 0. The van der Waals surface area contributed by atoms with Crippen LogP contribution in [0.25, 0.3) is 6.08 Å². The number of rotatable bonds is 3. The van der Waals surface area contributed by atoms with E-state index in [1.165, 1.54) is 16.7 Å². The Hall–Kier alpha value is -2.41. The molecule has 4 rings (SSSR count). The standard InChI is InChI=1S/C21H18O/c1-2-13-21(14-16-8-4-6-10-18(16)20(21)22)19-12-11-15-7-3-5-9-17(15)19/h2-12,19H,1,13-14H2. The molecule has 2 aromatic rings. The normalized spacial score (nSPS) is 25.1. The Morgan fingerprint density at radius 2 is 1.91 bits per heavy atom. The lowest BCUT2D eigenvalue weighted by molar-refractivity contribution is 0.0800.